The average molecular weight is 303 g/mol. The number of nitrogens with zero attached hydrogens (tertiary/aromatic N) is 2. The number of carbonyl (C=O) groups is 1. The fourth-order valence-electron chi connectivity index (χ4n) is 1.47. The van der Waals surface area contributed by atoms with Gasteiger partial charge >= 0.3 is 0 Å². The Bertz CT molecular complexity index is 388. The number of halogens is 1. The van der Waals surface area contributed by atoms with Crippen LogP contribution in [0.3, 0.4) is 0 Å². The Morgan fingerprint density at radius 1 is 1.53 bits per heavy atom. The van der Waals surface area contributed by atoms with Crippen molar-refractivity contribution < 1.29 is 9.53 Å². The average Bonchev–Trinajstić information content (AvgIpc) is 2.65. The molecule has 0 saturated carbocycles. The van der Waals surface area contributed by atoms with Crippen LogP contribution in [0.2, 0.25) is 0 Å². The van der Waals surface area contributed by atoms with E-state index in [0.29, 0.717) is 24.8 Å². The highest BCUT2D eigenvalue weighted by Crippen LogP contribution is 2.23. The quantitative estimate of drug-likeness (QED) is 0.759. The van der Waals surface area contributed by atoms with Crippen molar-refractivity contribution in [2.75, 3.05) is 13.7 Å². The lowest BCUT2D eigenvalue weighted by Gasteiger charge is -2.15. The monoisotopic (exact) mass is 302 g/mol. The maximum atomic E-state index is 12.3. The van der Waals surface area contributed by atoms with Crippen molar-refractivity contribution in [3.63, 3.8) is 0 Å². The number of carbonyl (C=O) groups excluding carboxylic acids is 1. The minimum absolute atomic E-state index is 0.00991. The number of ketones is 1. The molecule has 0 saturated heterocycles. The summed E-state index contributed by atoms with van der Waals surface area (Å²) in [5.41, 5.74) is 0.642. The van der Waals surface area contributed by atoms with E-state index in [9.17, 15) is 4.79 Å². The second-order valence-electron chi connectivity index (χ2n) is 4.45. The van der Waals surface area contributed by atoms with Crippen LogP contribution in [0.4, 0.5) is 0 Å². The summed E-state index contributed by atoms with van der Waals surface area (Å²) in [6, 6.07) is 0. The molecule has 0 bridgehead atoms. The molecule has 96 valence electrons. The van der Waals surface area contributed by atoms with Gasteiger partial charge in [0.05, 0.1) is 23.8 Å². The summed E-state index contributed by atoms with van der Waals surface area (Å²) in [5, 5.41) is 4.19. The first-order valence-corrected chi connectivity index (χ1v) is 6.52. The minimum Gasteiger partial charge on any atom is -0.383 e. The van der Waals surface area contributed by atoms with E-state index in [-0.39, 0.29) is 11.7 Å². The van der Waals surface area contributed by atoms with Gasteiger partial charge in [0, 0.05) is 13.0 Å². The summed E-state index contributed by atoms with van der Waals surface area (Å²) in [6.45, 7) is 7.18. The van der Waals surface area contributed by atoms with E-state index in [0.717, 1.165) is 4.47 Å². The zero-order valence-electron chi connectivity index (χ0n) is 10.7. The molecule has 1 aromatic heterocycles. The fourth-order valence-corrected chi connectivity index (χ4v) is 1.96. The highest BCUT2D eigenvalue weighted by molar-refractivity contribution is 9.10. The van der Waals surface area contributed by atoms with Gasteiger partial charge in [0.15, 0.2) is 5.78 Å². The van der Waals surface area contributed by atoms with Gasteiger partial charge in [-0.15, -0.1) is 0 Å². The number of hydrogen-bond acceptors (Lipinski definition) is 3. The fraction of sp³-hybridized carbons (Fsp3) is 0.667. The van der Waals surface area contributed by atoms with Crippen LogP contribution in [0.15, 0.2) is 10.7 Å². The summed E-state index contributed by atoms with van der Waals surface area (Å²) in [7, 11) is 1.64. The Labute approximate surface area is 110 Å². The van der Waals surface area contributed by atoms with Crippen LogP contribution in [0.25, 0.3) is 0 Å². The molecule has 0 spiro atoms. The number of aromatic nitrogens is 2. The number of rotatable bonds is 6. The molecule has 0 aliphatic carbocycles. The van der Waals surface area contributed by atoms with Gasteiger partial charge in [-0.2, -0.15) is 5.10 Å². The first kappa shape index (κ1) is 14.4. The molecule has 0 N–H and O–H groups in total. The molecule has 1 rings (SSSR count). The van der Waals surface area contributed by atoms with Crippen LogP contribution in [0.1, 0.15) is 31.3 Å². The summed E-state index contributed by atoms with van der Waals surface area (Å²) in [6.07, 6.45) is 1.66. The predicted octanol–water partition coefficient (Wildman–Crippen LogP) is 2.77. The third kappa shape index (κ3) is 3.39. The first-order valence-electron chi connectivity index (χ1n) is 5.73. The molecule has 0 aromatic carbocycles. The van der Waals surface area contributed by atoms with Crippen molar-refractivity contribution >= 4 is 21.7 Å². The van der Waals surface area contributed by atoms with Gasteiger partial charge in [0.2, 0.25) is 0 Å². The lowest BCUT2D eigenvalue weighted by Crippen LogP contribution is -2.22. The maximum absolute atomic E-state index is 12.3. The van der Waals surface area contributed by atoms with E-state index in [1.165, 1.54) is 0 Å². The van der Waals surface area contributed by atoms with E-state index < -0.39 is 0 Å². The van der Waals surface area contributed by atoms with Crippen LogP contribution < -0.4 is 0 Å². The predicted molar refractivity (Wildman–Crippen MR) is 70.1 cm³/mol. The van der Waals surface area contributed by atoms with Crippen molar-refractivity contribution in [3.05, 3.63) is 16.4 Å². The number of hydrogen-bond donors (Lipinski definition) is 0. The van der Waals surface area contributed by atoms with Crippen molar-refractivity contribution in [1.82, 2.24) is 9.78 Å². The van der Waals surface area contributed by atoms with Crippen LogP contribution in [0, 0.1) is 11.8 Å². The van der Waals surface area contributed by atoms with Gasteiger partial charge in [-0.1, -0.05) is 20.8 Å². The molecule has 1 atom stereocenters. The Balaban J connectivity index is 2.95. The van der Waals surface area contributed by atoms with Gasteiger partial charge < -0.3 is 4.74 Å². The molecular formula is C12H19BrN2O2. The minimum atomic E-state index is -0.00991. The SMILES string of the molecule is COCCn1ncc(Br)c1C(=O)C(C)C(C)C. The van der Waals surface area contributed by atoms with Gasteiger partial charge in [0.1, 0.15) is 5.69 Å². The van der Waals surface area contributed by atoms with Gasteiger partial charge in [-0.05, 0) is 21.8 Å². The molecule has 1 aromatic rings. The van der Waals surface area contributed by atoms with Gasteiger partial charge in [0.25, 0.3) is 0 Å². The number of methoxy groups -OCH3 is 1. The van der Waals surface area contributed by atoms with Crippen molar-refractivity contribution in [2.45, 2.75) is 27.3 Å². The maximum Gasteiger partial charge on any atom is 0.185 e. The van der Waals surface area contributed by atoms with Crippen LogP contribution >= 0.6 is 15.9 Å². The molecule has 17 heavy (non-hydrogen) atoms. The molecule has 1 unspecified atom stereocenters. The van der Waals surface area contributed by atoms with E-state index >= 15 is 0 Å². The van der Waals surface area contributed by atoms with Crippen LogP contribution in [0.5, 0.6) is 0 Å². The topological polar surface area (TPSA) is 44.1 Å². The molecule has 0 fully saturated rings. The highest BCUT2D eigenvalue weighted by atomic mass is 79.9. The Hall–Kier alpha value is -0.680. The molecule has 0 aliphatic rings. The van der Waals surface area contributed by atoms with Crippen LogP contribution in [-0.2, 0) is 11.3 Å². The smallest absolute Gasteiger partial charge is 0.185 e. The zero-order chi connectivity index (χ0) is 13.0. The van der Waals surface area contributed by atoms with E-state index in [4.69, 9.17) is 4.74 Å². The number of ether oxygens (including phenoxy) is 1. The molecule has 4 nitrogen and oxygen atoms in total. The largest absolute Gasteiger partial charge is 0.383 e. The van der Waals surface area contributed by atoms with Crippen molar-refractivity contribution in [3.8, 4) is 0 Å². The summed E-state index contributed by atoms with van der Waals surface area (Å²) in [4.78, 5) is 12.3. The standard InChI is InChI=1S/C12H19BrN2O2/c1-8(2)9(3)12(16)11-10(13)7-14-15(11)5-6-17-4/h7-9H,5-6H2,1-4H3. The Morgan fingerprint density at radius 3 is 2.71 bits per heavy atom. The normalized spacial score (nSPS) is 13.1. The third-order valence-electron chi connectivity index (χ3n) is 2.95. The second-order valence-corrected chi connectivity index (χ2v) is 5.31. The first-order chi connectivity index (χ1) is 7.99. The van der Waals surface area contributed by atoms with Crippen LogP contribution in [-0.4, -0.2) is 29.3 Å². The summed E-state index contributed by atoms with van der Waals surface area (Å²) in [5.74, 6) is 0.435. The van der Waals surface area contributed by atoms with Gasteiger partial charge in [-0.3, -0.25) is 9.48 Å². The lowest BCUT2D eigenvalue weighted by molar-refractivity contribution is 0.0884. The molecule has 0 aliphatic heterocycles. The third-order valence-corrected chi connectivity index (χ3v) is 3.53. The number of Topliss-reactive ketones (excluding diaryl/α,β-unsaturated/α-hetero) is 1. The molecule has 5 heteroatoms. The summed E-state index contributed by atoms with van der Waals surface area (Å²) >= 11 is 3.38. The molecular weight excluding hydrogens is 284 g/mol. The van der Waals surface area contributed by atoms with E-state index in [1.807, 2.05) is 20.8 Å². The van der Waals surface area contributed by atoms with Crippen molar-refractivity contribution in [2.24, 2.45) is 11.8 Å². The van der Waals surface area contributed by atoms with E-state index in [2.05, 4.69) is 21.0 Å². The zero-order valence-corrected chi connectivity index (χ0v) is 12.3. The van der Waals surface area contributed by atoms with Crippen molar-refractivity contribution in [1.29, 1.82) is 0 Å². The molecule has 1 heterocycles. The van der Waals surface area contributed by atoms with E-state index in [1.54, 1.807) is 18.0 Å². The highest BCUT2D eigenvalue weighted by Gasteiger charge is 2.24. The van der Waals surface area contributed by atoms with Gasteiger partial charge in [-0.25, -0.2) is 0 Å². The molecule has 0 radical (unpaired) electrons. The Morgan fingerprint density at radius 2 is 2.18 bits per heavy atom. The summed E-state index contributed by atoms with van der Waals surface area (Å²) < 4.78 is 7.47. The lowest BCUT2D eigenvalue weighted by atomic mass is 9.92. The second kappa shape index (κ2) is 6.31. The Kier molecular flexibility index (Phi) is 5.33. The molecule has 0 amide bonds.